The van der Waals surface area contributed by atoms with Crippen LogP contribution in [0, 0.1) is 0 Å². The van der Waals surface area contributed by atoms with Crippen LogP contribution in [0.3, 0.4) is 0 Å². The van der Waals surface area contributed by atoms with E-state index in [1.54, 1.807) is 11.3 Å². The zero-order chi connectivity index (χ0) is 21.6. The lowest BCUT2D eigenvalue weighted by Crippen LogP contribution is -2.14. The smallest absolute Gasteiger partial charge is 0.387 e. The van der Waals surface area contributed by atoms with E-state index in [1.165, 1.54) is 36.0 Å². The Bertz CT molecular complexity index is 1130. The number of nitrogens with zero attached hydrogens (tertiary/aromatic N) is 3. The van der Waals surface area contributed by atoms with Crippen molar-refractivity contribution < 1.29 is 18.3 Å². The number of carbonyl (C=O) groups is 1. The molecule has 1 amide bonds. The van der Waals surface area contributed by atoms with Crippen molar-refractivity contribution >= 4 is 34.7 Å². The van der Waals surface area contributed by atoms with Gasteiger partial charge in [0.05, 0.1) is 10.6 Å². The van der Waals surface area contributed by atoms with E-state index in [4.69, 9.17) is 0 Å². The van der Waals surface area contributed by atoms with Crippen molar-refractivity contribution in [2.75, 3.05) is 11.1 Å². The molecule has 0 saturated heterocycles. The Morgan fingerprint density at radius 1 is 1.06 bits per heavy atom. The molecule has 10 heteroatoms. The van der Waals surface area contributed by atoms with Crippen molar-refractivity contribution in [3.8, 4) is 22.1 Å². The van der Waals surface area contributed by atoms with Gasteiger partial charge in [0.25, 0.3) is 0 Å². The molecule has 31 heavy (non-hydrogen) atoms. The lowest BCUT2D eigenvalue weighted by molar-refractivity contribution is -0.113. The Labute approximate surface area is 184 Å². The van der Waals surface area contributed by atoms with Gasteiger partial charge in [0, 0.05) is 11.4 Å². The first-order chi connectivity index (χ1) is 15.1. The molecule has 0 radical (unpaired) electrons. The third-order valence-electron chi connectivity index (χ3n) is 4.08. The number of nitrogens with one attached hydrogen (secondary N) is 1. The fourth-order valence-corrected chi connectivity index (χ4v) is 4.24. The Kier molecular flexibility index (Phi) is 6.58. The molecule has 0 saturated carbocycles. The first-order valence-corrected chi connectivity index (χ1v) is 11.0. The van der Waals surface area contributed by atoms with Crippen LogP contribution in [-0.2, 0) is 4.79 Å². The molecule has 0 bridgehead atoms. The van der Waals surface area contributed by atoms with Gasteiger partial charge in [-0.25, -0.2) is 0 Å². The molecular weight excluding hydrogens is 442 g/mol. The average Bonchev–Trinajstić information content (AvgIpc) is 3.43. The van der Waals surface area contributed by atoms with Crippen LogP contribution in [0.2, 0.25) is 0 Å². The van der Waals surface area contributed by atoms with Crippen molar-refractivity contribution in [1.82, 2.24) is 14.8 Å². The van der Waals surface area contributed by atoms with Crippen molar-refractivity contribution in [2.24, 2.45) is 0 Å². The van der Waals surface area contributed by atoms with E-state index in [-0.39, 0.29) is 17.4 Å². The van der Waals surface area contributed by atoms with Crippen molar-refractivity contribution in [1.29, 1.82) is 0 Å². The van der Waals surface area contributed by atoms with Crippen LogP contribution in [0.25, 0.3) is 16.4 Å². The molecule has 2 aromatic carbocycles. The molecule has 2 aromatic heterocycles. The molecule has 0 unspecified atom stereocenters. The number of carbonyl (C=O) groups excluding carboxylic acids is 1. The molecular formula is C21H16F2N4O2S2. The van der Waals surface area contributed by atoms with Gasteiger partial charge in [-0.1, -0.05) is 36.0 Å². The van der Waals surface area contributed by atoms with Crippen LogP contribution in [0.4, 0.5) is 14.5 Å². The molecule has 4 aromatic rings. The first-order valence-electron chi connectivity index (χ1n) is 9.12. The molecule has 2 heterocycles. The lowest BCUT2D eigenvalue weighted by Gasteiger charge is -2.10. The molecule has 0 fully saturated rings. The van der Waals surface area contributed by atoms with Crippen molar-refractivity contribution in [3.05, 3.63) is 72.1 Å². The number of thioether (sulfide) groups is 1. The highest BCUT2D eigenvalue weighted by molar-refractivity contribution is 7.99. The van der Waals surface area contributed by atoms with E-state index in [0.717, 1.165) is 10.6 Å². The van der Waals surface area contributed by atoms with Gasteiger partial charge in [-0.05, 0) is 47.8 Å². The van der Waals surface area contributed by atoms with Gasteiger partial charge in [-0.15, -0.1) is 21.5 Å². The Morgan fingerprint density at radius 3 is 2.52 bits per heavy atom. The van der Waals surface area contributed by atoms with Gasteiger partial charge in [0.2, 0.25) is 5.91 Å². The topological polar surface area (TPSA) is 69.0 Å². The largest absolute Gasteiger partial charge is 0.435 e. The highest BCUT2D eigenvalue weighted by atomic mass is 32.2. The second kappa shape index (κ2) is 9.71. The van der Waals surface area contributed by atoms with Crippen molar-refractivity contribution in [3.63, 3.8) is 0 Å². The number of thiophene rings is 1. The maximum atomic E-state index is 12.4. The summed E-state index contributed by atoms with van der Waals surface area (Å²) in [4.78, 5) is 13.4. The summed E-state index contributed by atoms with van der Waals surface area (Å²) in [6, 6.07) is 19.3. The molecule has 6 nitrogen and oxygen atoms in total. The van der Waals surface area contributed by atoms with Gasteiger partial charge in [0.1, 0.15) is 5.75 Å². The Hall–Kier alpha value is -3.24. The van der Waals surface area contributed by atoms with E-state index in [1.807, 2.05) is 52.4 Å². The fraction of sp³-hybridized carbons (Fsp3) is 0.0952. The highest BCUT2D eigenvalue weighted by Gasteiger charge is 2.18. The summed E-state index contributed by atoms with van der Waals surface area (Å²) >= 11 is 2.82. The minimum atomic E-state index is -2.89. The summed E-state index contributed by atoms with van der Waals surface area (Å²) in [5.74, 6) is 0.580. The minimum Gasteiger partial charge on any atom is -0.435 e. The monoisotopic (exact) mass is 458 g/mol. The number of amides is 1. The van der Waals surface area contributed by atoms with Gasteiger partial charge >= 0.3 is 6.61 Å². The quantitative estimate of drug-likeness (QED) is 0.362. The predicted molar refractivity (Wildman–Crippen MR) is 117 cm³/mol. The number of para-hydroxylation sites is 1. The van der Waals surface area contributed by atoms with Crippen LogP contribution in [0.5, 0.6) is 5.75 Å². The summed E-state index contributed by atoms with van der Waals surface area (Å²) in [5.41, 5.74) is 1.38. The van der Waals surface area contributed by atoms with E-state index in [2.05, 4.69) is 20.3 Å². The molecule has 0 aliphatic heterocycles. The first kappa shape index (κ1) is 21.0. The number of alkyl halides is 2. The molecule has 1 N–H and O–H groups in total. The predicted octanol–water partition coefficient (Wildman–Crippen LogP) is 5.33. The molecule has 0 aliphatic rings. The zero-order valence-corrected chi connectivity index (χ0v) is 17.6. The summed E-state index contributed by atoms with van der Waals surface area (Å²) in [5, 5.41) is 13.9. The minimum absolute atomic E-state index is 0.0273. The lowest BCUT2D eigenvalue weighted by atomic mass is 10.3. The molecule has 4 rings (SSSR count). The van der Waals surface area contributed by atoms with Gasteiger partial charge in [-0.3, -0.25) is 9.36 Å². The number of aromatic nitrogens is 3. The summed E-state index contributed by atoms with van der Waals surface area (Å²) in [6.07, 6.45) is 0. The van der Waals surface area contributed by atoms with Crippen LogP contribution in [-0.4, -0.2) is 33.0 Å². The number of anilines is 1. The maximum absolute atomic E-state index is 12.4. The molecule has 0 spiro atoms. The fourth-order valence-electron chi connectivity index (χ4n) is 2.79. The number of ether oxygens (including phenoxy) is 1. The van der Waals surface area contributed by atoms with Crippen LogP contribution in [0.15, 0.2) is 77.3 Å². The normalized spacial score (nSPS) is 10.9. The third-order valence-corrected chi connectivity index (χ3v) is 5.88. The number of hydrogen-bond acceptors (Lipinski definition) is 6. The number of rotatable bonds is 8. The summed E-state index contributed by atoms with van der Waals surface area (Å²) in [7, 11) is 0. The van der Waals surface area contributed by atoms with Gasteiger partial charge in [0.15, 0.2) is 11.0 Å². The van der Waals surface area contributed by atoms with E-state index < -0.39 is 6.61 Å². The van der Waals surface area contributed by atoms with E-state index >= 15 is 0 Å². The average molecular weight is 459 g/mol. The van der Waals surface area contributed by atoms with Crippen LogP contribution >= 0.6 is 23.1 Å². The molecule has 158 valence electrons. The number of hydrogen-bond donors (Lipinski definition) is 1. The molecule has 0 aliphatic carbocycles. The molecule has 0 atom stereocenters. The SMILES string of the molecule is O=C(CSc1nnc(-c2cccs2)n1-c1ccccc1)Nc1ccc(OC(F)F)cc1. The van der Waals surface area contributed by atoms with Crippen LogP contribution < -0.4 is 10.1 Å². The van der Waals surface area contributed by atoms with Crippen molar-refractivity contribution in [2.45, 2.75) is 11.8 Å². The van der Waals surface area contributed by atoms with Crippen LogP contribution in [0.1, 0.15) is 0 Å². The second-order valence-electron chi connectivity index (χ2n) is 6.19. The Morgan fingerprint density at radius 2 is 1.84 bits per heavy atom. The third kappa shape index (κ3) is 5.28. The zero-order valence-electron chi connectivity index (χ0n) is 15.9. The van der Waals surface area contributed by atoms with Gasteiger partial charge in [-0.2, -0.15) is 8.78 Å². The summed E-state index contributed by atoms with van der Waals surface area (Å²) < 4.78 is 30.7. The Balaban J connectivity index is 1.46. The van der Waals surface area contributed by atoms with E-state index in [9.17, 15) is 13.6 Å². The van der Waals surface area contributed by atoms with Gasteiger partial charge < -0.3 is 10.1 Å². The summed E-state index contributed by atoms with van der Waals surface area (Å²) in [6.45, 7) is -2.89. The number of halogens is 2. The maximum Gasteiger partial charge on any atom is 0.387 e. The second-order valence-corrected chi connectivity index (χ2v) is 8.08. The standard InChI is InChI=1S/C21H16F2N4O2S2/c22-20(23)29-16-10-8-14(9-11-16)24-18(28)13-31-21-26-25-19(17-7-4-12-30-17)27(21)15-5-2-1-3-6-15/h1-12,20H,13H2,(H,24,28). The number of benzene rings is 2. The highest BCUT2D eigenvalue weighted by Crippen LogP contribution is 2.30. The van der Waals surface area contributed by atoms with E-state index in [0.29, 0.717) is 16.7 Å².